The second-order valence-corrected chi connectivity index (χ2v) is 4.95. The number of nitrogens with zero attached hydrogens (tertiary/aromatic N) is 2. The van der Waals surface area contributed by atoms with E-state index >= 15 is 0 Å². The van der Waals surface area contributed by atoms with Crippen molar-refractivity contribution in [2.75, 3.05) is 33.2 Å². The van der Waals surface area contributed by atoms with E-state index in [4.69, 9.17) is 5.73 Å². The van der Waals surface area contributed by atoms with Gasteiger partial charge in [0.2, 0.25) is 5.91 Å². The molecule has 2 N–H and O–H groups in total. The van der Waals surface area contributed by atoms with Crippen LogP contribution in [-0.2, 0) is 4.79 Å². The zero-order chi connectivity index (χ0) is 13.1. The molecule has 1 aliphatic heterocycles. The topological polar surface area (TPSA) is 49.6 Å². The summed E-state index contributed by atoms with van der Waals surface area (Å²) in [7, 11) is 1.85. The van der Waals surface area contributed by atoms with Gasteiger partial charge in [0.15, 0.2) is 0 Å². The van der Waals surface area contributed by atoms with Gasteiger partial charge in [0.1, 0.15) is 0 Å². The van der Waals surface area contributed by atoms with Crippen molar-refractivity contribution in [1.29, 1.82) is 0 Å². The summed E-state index contributed by atoms with van der Waals surface area (Å²) in [5.41, 5.74) is 8.32. The first-order chi connectivity index (χ1) is 8.61. The molecule has 18 heavy (non-hydrogen) atoms. The summed E-state index contributed by atoms with van der Waals surface area (Å²) >= 11 is 0. The molecule has 0 spiro atoms. The molecule has 0 aromatic heterocycles. The number of hydrogen-bond donors (Lipinski definition) is 1. The van der Waals surface area contributed by atoms with E-state index in [2.05, 4.69) is 36.1 Å². The van der Waals surface area contributed by atoms with Crippen LogP contribution in [0.4, 0.5) is 0 Å². The van der Waals surface area contributed by atoms with Gasteiger partial charge in [0.05, 0.1) is 6.54 Å². The first-order valence-electron chi connectivity index (χ1n) is 6.36. The molecule has 0 radical (unpaired) electrons. The molecule has 1 amide bonds. The predicted molar refractivity (Wildman–Crippen MR) is 72.2 cm³/mol. The number of rotatable bonds is 3. The number of nitrogens with two attached hydrogens (primary N) is 1. The molecule has 1 aliphatic rings. The number of likely N-dealkylation sites (N-methyl/N-ethyl adjacent to an activating group) is 1. The zero-order valence-electron chi connectivity index (χ0n) is 11.1. The second kappa shape index (κ2) is 5.50. The van der Waals surface area contributed by atoms with Crippen LogP contribution in [0.2, 0.25) is 0 Å². The van der Waals surface area contributed by atoms with Crippen LogP contribution in [0.25, 0.3) is 0 Å². The van der Waals surface area contributed by atoms with E-state index in [-0.39, 0.29) is 11.9 Å². The van der Waals surface area contributed by atoms with Crippen LogP contribution in [0.1, 0.15) is 17.2 Å². The Labute approximate surface area is 108 Å². The van der Waals surface area contributed by atoms with Crippen LogP contribution in [-0.4, -0.2) is 48.9 Å². The molecule has 1 fully saturated rings. The van der Waals surface area contributed by atoms with E-state index < -0.39 is 0 Å². The normalized spacial score (nSPS) is 19.1. The monoisotopic (exact) mass is 247 g/mol. The third-order valence-corrected chi connectivity index (χ3v) is 3.61. The zero-order valence-corrected chi connectivity index (χ0v) is 11.1. The Morgan fingerprint density at radius 2 is 1.94 bits per heavy atom. The van der Waals surface area contributed by atoms with Gasteiger partial charge >= 0.3 is 0 Å². The van der Waals surface area contributed by atoms with E-state index in [1.807, 2.05) is 7.05 Å². The molecule has 1 saturated heterocycles. The molecule has 4 heteroatoms. The molecule has 2 rings (SSSR count). The maximum atomic E-state index is 11.8. The highest BCUT2D eigenvalue weighted by Gasteiger charge is 2.27. The van der Waals surface area contributed by atoms with Gasteiger partial charge in [0, 0.05) is 32.7 Å². The molecule has 1 unspecified atom stereocenters. The van der Waals surface area contributed by atoms with Gasteiger partial charge in [-0.25, -0.2) is 0 Å². The molecular formula is C14H21N3O. The van der Waals surface area contributed by atoms with Crippen LogP contribution in [0.3, 0.4) is 0 Å². The Morgan fingerprint density at radius 3 is 2.50 bits per heavy atom. The Balaban J connectivity index is 2.13. The first-order valence-corrected chi connectivity index (χ1v) is 6.36. The molecule has 4 nitrogen and oxygen atoms in total. The van der Waals surface area contributed by atoms with E-state index in [1.54, 1.807) is 4.90 Å². The fourth-order valence-electron chi connectivity index (χ4n) is 2.33. The largest absolute Gasteiger partial charge is 0.343 e. The first kappa shape index (κ1) is 13.1. The third-order valence-electron chi connectivity index (χ3n) is 3.61. The Morgan fingerprint density at radius 1 is 1.28 bits per heavy atom. The van der Waals surface area contributed by atoms with Crippen molar-refractivity contribution in [3.05, 3.63) is 35.4 Å². The van der Waals surface area contributed by atoms with Crippen molar-refractivity contribution in [2.45, 2.75) is 13.0 Å². The fraction of sp³-hybridized carbons (Fsp3) is 0.500. The van der Waals surface area contributed by atoms with Gasteiger partial charge < -0.3 is 10.6 Å². The summed E-state index contributed by atoms with van der Waals surface area (Å²) < 4.78 is 0. The number of piperazine rings is 1. The number of amides is 1. The van der Waals surface area contributed by atoms with Gasteiger partial charge in [-0.3, -0.25) is 9.69 Å². The van der Waals surface area contributed by atoms with Crippen molar-refractivity contribution >= 4 is 5.91 Å². The average Bonchev–Trinajstić information content (AvgIpc) is 2.37. The van der Waals surface area contributed by atoms with Crippen LogP contribution < -0.4 is 5.73 Å². The van der Waals surface area contributed by atoms with Crippen LogP contribution in [0.5, 0.6) is 0 Å². The quantitative estimate of drug-likeness (QED) is 0.858. The highest BCUT2D eigenvalue weighted by molar-refractivity contribution is 5.78. The van der Waals surface area contributed by atoms with Crippen molar-refractivity contribution in [1.82, 2.24) is 9.80 Å². The van der Waals surface area contributed by atoms with Crippen LogP contribution in [0.15, 0.2) is 24.3 Å². The SMILES string of the molecule is Cc1ccc(C(CN)N2CCN(C)C(=O)C2)cc1. The molecule has 1 aromatic carbocycles. The molecular weight excluding hydrogens is 226 g/mol. The van der Waals surface area contributed by atoms with Gasteiger partial charge in [-0.1, -0.05) is 29.8 Å². The predicted octanol–water partition coefficient (Wildman–Crippen LogP) is 0.769. The lowest BCUT2D eigenvalue weighted by Crippen LogP contribution is -2.50. The van der Waals surface area contributed by atoms with Gasteiger partial charge in [-0.05, 0) is 12.5 Å². The van der Waals surface area contributed by atoms with E-state index in [9.17, 15) is 4.79 Å². The Bertz CT molecular complexity index is 416. The van der Waals surface area contributed by atoms with Gasteiger partial charge in [0.25, 0.3) is 0 Å². The highest BCUT2D eigenvalue weighted by atomic mass is 16.2. The lowest BCUT2D eigenvalue weighted by molar-refractivity contribution is -0.135. The van der Waals surface area contributed by atoms with Crippen LogP contribution in [0, 0.1) is 6.92 Å². The minimum atomic E-state index is 0.142. The standard InChI is InChI=1S/C14H21N3O/c1-11-3-5-12(6-4-11)13(9-15)17-8-7-16(2)14(18)10-17/h3-6,13H,7-10,15H2,1-2H3. The molecule has 0 bridgehead atoms. The summed E-state index contributed by atoms with van der Waals surface area (Å²) in [6, 6.07) is 8.54. The Kier molecular flexibility index (Phi) is 3.99. The lowest BCUT2D eigenvalue weighted by atomic mass is 10.0. The minimum Gasteiger partial charge on any atom is -0.343 e. The molecule has 1 atom stereocenters. The third kappa shape index (κ3) is 2.71. The molecule has 0 saturated carbocycles. The molecule has 98 valence electrons. The minimum absolute atomic E-state index is 0.142. The summed E-state index contributed by atoms with van der Waals surface area (Å²) in [5, 5.41) is 0. The van der Waals surface area contributed by atoms with Gasteiger partial charge in [-0.15, -0.1) is 0 Å². The number of aryl methyl sites for hydroxylation is 1. The summed E-state index contributed by atoms with van der Waals surface area (Å²) in [6.45, 7) is 4.74. The molecule has 1 aromatic rings. The van der Waals surface area contributed by atoms with E-state index in [0.29, 0.717) is 13.1 Å². The fourth-order valence-corrected chi connectivity index (χ4v) is 2.33. The van der Waals surface area contributed by atoms with E-state index in [0.717, 1.165) is 13.1 Å². The van der Waals surface area contributed by atoms with Crippen LogP contribution >= 0.6 is 0 Å². The summed E-state index contributed by atoms with van der Waals surface area (Å²) in [5.74, 6) is 0.173. The summed E-state index contributed by atoms with van der Waals surface area (Å²) in [4.78, 5) is 15.7. The maximum absolute atomic E-state index is 11.8. The number of benzene rings is 1. The second-order valence-electron chi connectivity index (χ2n) is 4.95. The van der Waals surface area contributed by atoms with Crippen molar-refractivity contribution in [2.24, 2.45) is 5.73 Å². The molecule has 1 heterocycles. The summed E-state index contributed by atoms with van der Waals surface area (Å²) in [6.07, 6.45) is 0. The van der Waals surface area contributed by atoms with Crippen molar-refractivity contribution < 1.29 is 4.79 Å². The smallest absolute Gasteiger partial charge is 0.236 e. The number of hydrogen-bond acceptors (Lipinski definition) is 3. The maximum Gasteiger partial charge on any atom is 0.236 e. The average molecular weight is 247 g/mol. The Hall–Kier alpha value is -1.39. The molecule has 0 aliphatic carbocycles. The number of carbonyl (C=O) groups is 1. The number of carbonyl (C=O) groups excluding carboxylic acids is 1. The van der Waals surface area contributed by atoms with Gasteiger partial charge in [-0.2, -0.15) is 0 Å². The van der Waals surface area contributed by atoms with E-state index in [1.165, 1.54) is 11.1 Å². The highest BCUT2D eigenvalue weighted by Crippen LogP contribution is 2.21. The van der Waals surface area contributed by atoms with Crippen molar-refractivity contribution in [3.8, 4) is 0 Å². The lowest BCUT2D eigenvalue weighted by Gasteiger charge is -2.37. The van der Waals surface area contributed by atoms with Crippen molar-refractivity contribution in [3.63, 3.8) is 0 Å².